The highest BCUT2D eigenvalue weighted by Gasteiger charge is 2.35. The first-order valence-corrected chi connectivity index (χ1v) is 13.6. The van der Waals surface area contributed by atoms with Crippen molar-refractivity contribution in [3.05, 3.63) is 46.2 Å². The van der Waals surface area contributed by atoms with Crippen LogP contribution in [0.3, 0.4) is 0 Å². The molecule has 0 bridgehead atoms. The second kappa shape index (κ2) is 9.97. The Morgan fingerprint density at radius 1 is 1.18 bits per heavy atom. The van der Waals surface area contributed by atoms with E-state index in [4.69, 9.17) is 20.8 Å². The Bertz CT molecular complexity index is 1080. The maximum Gasteiger partial charge on any atom is 0.261 e. The third-order valence-corrected chi connectivity index (χ3v) is 8.73. The number of anilines is 1. The monoisotopic (exact) mass is 494 g/mol. The van der Waals surface area contributed by atoms with Crippen molar-refractivity contribution in [2.75, 3.05) is 36.1 Å². The first-order chi connectivity index (χ1) is 15.7. The molecule has 1 unspecified atom stereocenters. The molecule has 180 valence electrons. The first kappa shape index (κ1) is 24.0. The zero-order valence-electron chi connectivity index (χ0n) is 19.2. The van der Waals surface area contributed by atoms with Crippen LogP contribution in [0.1, 0.15) is 42.6 Å². The van der Waals surface area contributed by atoms with E-state index in [1.807, 2.05) is 26.0 Å². The van der Waals surface area contributed by atoms with Crippen LogP contribution in [0.25, 0.3) is 0 Å². The van der Waals surface area contributed by atoms with Gasteiger partial charge in [0, 0.05) is 30.2 Å². The number of sulfone groups is 1. The van der Waals surface area contributed by atoms with Crippen molar-refractivity contribution < 1.29 is 22.4 Å². The fourth-order valence-corrected chi connectivity index (χ4v) is 6.40. The molecule has 2 saturated heterocycles. The number of amides is 1. The lowest BCUT2D eigenvalue weighted by Crippen LogP contribution is -2.43. The van der Waals surface area contributed by atoms with Gasteiger partial charge >= 0.3 is 0 Å². The maximum absolute atomic E-state index is 13.2. The number of rotatable bonds is 7. The summed E-state index contributed by atoms with van der Waals surface area (Å²) in [6.45, 7) is 5.73. The Labute approximate surface area is 200 Å². The van der Waals surface area contributed by atoms with Crippen molar-refractivity contribution in [2.24, 2.45) is 0 Å². The second-order valence-corrected chi connectivity index (χ2v) is 11.6. The summed E-state index contributed by atoms with van der Waals surface area (Å²) in [5.41, 5.74) is 1.75. The van der Waals surface area contributed by atoms with Gasteiger partial charge in [0.1, 0.15) is 11.5 Å². The first-order valence-electron chi connectivity index (χ1n) is 11.4. The van der Waals surface area contributed by atoms with Gasteiger partial charge < -0.3 is 19.0 Å². The molecule has 7 nitrogen and oxygen atoms in total. The molecule has 2 fully saturated rings. The summed E-state index contributed by atoms with van der Waals surface area (Å²) in [6.07, 6.45) is 3.94. The number of hydrogen-bond donors (Lipinski definition) is 0. The fourth-order valence-electron chi connectivity index (χ4n) is 4.56. The molecule has 4 rings (SSSR count). The van der Waals surface area contributed by atoms with Gasteiger partial charge in [0.2, 0.25) is 0 Å². The summed E-state index contributed by atoms with van der Waals surface area (Å²) in [4.78, 5) is 17.0. The number of hydrogen-bond acceptors (Lipinski definition) is 6. The third kappa shape index (κ3) is 5.84. The minimum atomic E-state index is -3.15. The predicted molar refractivity (Wildman–Crippen MR) is 129 cm³/mol. The molecule has 9 heteroatoms. The summed E-state index contributed by atoms with van der Waals surface area (Å²) >= 11 is 6.22. The Morgan fingerprint density at radius 2 is 1.88 bits per heavy atom. The topological polar surface area (TPSA) is 80.1 Å². The lowest BCUT2D eigenvalue weighted by molar-refractivity contribution is -0.136. The van der Waals surface area contributed by atoms with Gasteiger partial charge in [-0.15, -0.1) is 0 Å². The van der Waals surface area contributed by atoms with E-state index in [0.29, 0.717) is 23.0 Å². The van der Waals surface area contributed by atoms with Gasteiger partial charge in [-0.05, 0) is 68.9 Å². The smallest absolute Gasteiger partial charge is 0.261 e. The molecule has 1 amide bonds. The molecular weight excluding hydrogens is 464 g/mol. The summed E-state index contributed by atoms with van der Waals surface area (Å²) in [7, 11) is -3.15. The molecule has 2 aliphatic heterocycles. The molecule has 3 heterocycles. The van der Waals surface area contributed by atoms with Crippen LogP contribution in [0, 0.1) is 13.8 Å². The molecule has 33 heavy (non-hydrogen) atoms. The van der Waals surface area contributed by atoms with E-state index in [0.717, 1.165) is 42.9 Å². The van der Waals surface area contributed by atoms with E-state index in [9.17, 15) is 13.2 Å². The molecule has 0 saturated carbocycles. The van der Waals surface area contributed by atoms with Gasteiger partial charge in [-0.1, -0.05) is 11.6 Å². The number of halogens is 1. The van der Waals surface area contributed by atoms with Crippen LogP contribution >= 0.6 is 11.6 Å². The second-order valence-electron chi connectivity index (χ2n) is 9.03. The minimum absolute atomic E-state index is 0.0302. The van der Waals surface area contributed by atoms with Gasteiger partial charge in [-0.25, -0.2) is 8.42 Å². The summed E-state index contributed by atoms with van der Waals surface area (Å²) < 4.78 is 36.0. The zero-order chi connectivity index (χ0) is 23.6. The molecule has 0 N–H and O–H groups in total. The van der Waals surface area contributed by atoms with Crippen molar-refractivity contribution in [1.29, 1.82) is 0 Å². The zero-order valence-corrected chi connectivity index (χ0v) is 20.8. The van der Waals surface area contributed by atoms with Crippen molar-refractivity contribution in [2.45, 2.75) is 52.1 Å². The molecule has 1 aromatic carbocycles. The number of aryl methyl sites for hydroxylation is 2. The lowest BCUT2D eigenvalue weighted by Gasteiger charge is -2.28. The normalized spacial score (nSPS) is 20.1. The van der Waals surface area contributed by atoms with Crippen LogP contribution in [-0.2, 0) is 21.2 Å². The molecule has 0 spiro atoms. The third-order valence-electron chi connectivity index (χ3n) is 6.38. The quantitative estimate of drug-likeness (QED) is 0.575. The Balaban J connectivity index is 1.47. The summed E-state index contributed by atoms with van der Waals surface area (Å²) in [6, 6.07) is 7.02. The van der Waals surface area contributed by atoms with Crippen molar-refractivity contribution in [1.82, 2.24) is 4.90 Å². The SMILES string of the molecule is Cc1cc(OCC(=O)N(Cc2ccc(N3CCCCC3)o2)C2CCS(=O)(=O)C2)cc(C)c1Cl. The van der Waals surface area contributed by atoms with Crippen molar-refractivity contribution in [3.8, 4) is 5.75 Å². The number of carbonyl (C=O) groups excluding carboxylic acids is 1. The van der Waals surface area contributed by atoms with Crippen LogP contribution in [0.15, 0.2) is 28.7 Å². The number of carbonyl (C=O) groups is 1. The standard InChI is InChI=1S/C24H31ClN2O5S/c1-17-12-21(13-18(2)24(17)25)31-15-22(28)27(19-8-11-33(29,30)16-19)14-20-6-7-23(32-20)26-9-4-3-5-10-26/h6-7,12-13,19H,3-5,8-11,14-16H2,1-2H3. The summed E-state index contributed by atoms with van der Waals surface area (Å²) in [5, 5.41) is 0.675. The van der Waals surface area contributed by atoms with Gasteiger partial charge in [-0.3, -0.25) is 4.79 Å². The maximum atomic E-state index is 13.2. The van der Waals surface area contributed by atoms with Crippen LogP contribution in [0.2, 0.25) is 5.02 Å². The molecule has 2 aliphatic rings. The molecule has 0 aliphatic carbocycles. The largest absolute Gasteiger partial charge is 0.484 e. The highest BCUT2D eigenvalue weighted by Crippen LogP contribution is 2.28. The Morgan fingerprint density at radius 3 is 2.52 bits per heavy atom. The molecule has 1 atom stereocenters. The van der Waals surface area contributed by atoms with Crippen molar-refractivity contribution in [3.63, 3.8) is 0 Å². The molecule has 2 aromatic rings. The van der Waals surface area contributed by atoms with Gasteiger partial charge in [0.05, 0.1) is 18.1 Å². The van der Waals surface area contributed by atoms with Gasteiger partial charge in [-0.2, -0.15) is 0 Å². The van der Waals surface area contributed by atoms with Crippen LogP contribution in [0.4, 0.5) is 5.88 Å². The van der Waals surface area contributed by atoms with Crippen molar-refractivity contribution >= 4 is 33.2 Å². The fraction of sp³-hybridized carbons (Fsp3) is 0.542. The van der Waals surface area contributed by atoms with Crippen LogP contribution in [-0.4, -0.2) is 56.5 Å². The lowest BCUT2D eigenvalue weighted by atomic mass is 10.1. The molecule has 0 radical (unpaired) electrons. The highest BCUT2D eigenvalue weighted by molar-refractivity contribution is 7.91. The van der Waals surface area contributed by atoms with Crippen LogP contribution < -0.4 is 9.64 Å². The van der Waals surface area contributed by atoms with E-state index < -0.39 is 9.84 Å². The molecular formula is C24H31ClN2O5S. The average Bonchev–Trinajstić information content (AvgIpc) is 3.40. The van der Waals surface area contributed by atoms with E-state index in [-0.39, 0.29) is 36.6 Å². The van der Waals surface area contributed by atoms with E-state index in [2.05, 4.69) is 4.90 Å². The number of benzene rings is 1. The summed E-state index contributed by atoms with van der Waals surface area (Å²) in [5.74, 6) is 1.81. The number of furan rings is 1. The van der Waals surface area contributed by atoms with E-state index >= 15 is 0 Å². The number of nitrogens with zero attached hydrogens (tertiary/aromatic N) is 2. The van der Waals surface area contributed by atoms with Crippen LogP contribution in [0.5, 0.6) is 5.75 Å². The Hall–Kier alpha value is -2.19. The predicted octanol–water partition coefficient (Wildman–Crippen LogP) is 4.13. The minimum Gasteiger partial charge on any atom is -0.484 e. The van der Waals surface area contributed by atoms with E-state index in [1.165, 1.54) is 6.42 Å². The molecule has 1 aromatic heterocycles. The number of ether oxygens (including phenoxy) is 1. The average molecular weight is 495 g/mol. The number of piperidine rings is 1. The highest BCUT2D eigenvalue weighted by atomic mass is 35.5. The van der Waals surface area contributed by atoms with E-state index in [1.54, 1.807) is 17.0 Å². The van der Waals surface area contributed by atoms with Gasteiger partial charge in [0.15, 0.2) is 22.3 Å². The van der Waals surface area contributed by atoms with Gasteiger partial charge in [0.25, 0.3) is 5.91 Å². The Kier molecular flexibility index (Phi) is 7.24.